The third-order valence-electron chi connectivity index (χ3n) is 1.12. The summed E-state index contributed by atoms with van der Waals surface area (Å²) < 4.78 is 12.6. The lowest BCUT2D eigenvalue weighted by Crippen LogP contribution is -2.00. The number of halogens is 3. The van der Waals surface area contributed by atoms with Crippen LogP contribution >= 0.6 is 23.2 Å². The molecule has 0 spiro atoms. The van der Waals surface area contributed by atoms with Crippen LogP contribution in [0.4, 0.5) is 4.39 Å². The van der Waals surface area contributed by atoms with E-state index in [2.05, 4.69) is 4.98 Å². The van der Waals surface area contributed by atoms with Crippen molar-refractivity contribution in [2.24, 2.45) is 0 Å². The summed E-state index contributed by atoms with van der Waals surface area (Å²) in [4.78, 5) is 13.6. The molecule has 0 atom stereocenters. The van der Waals surface area contributed by atoms with Crippen LogP contribution in [0.2, 0.25) is 10.3 Å². The van der Waals surface area contributed by atoms with Gasteiger partial charge in [0.25, 0.3) is 0 Å². The van der Waals surface area contributed by atoms with Gasteiger partial charge in [-0.1, -0.05) is 37.0 Å². The van der Waals surface area contributed by atoms with Gasteiger partial charge in [-0.3, -0.25) is 0 Å². The summed E-state index contributed by atoms with van der Waals surface area (Å²) in [6.07, 6.45) is 0. The van der Waals surface area contributed by atoms with Crippen LogP contribution in [0.3, 0.4) is 0 Å². The van der Waals surface area contributed by atoms with Gasteiger partial charge in [-0.25, -0.2) is 14.2 Å². The van der Waals surface area contributed by atoms with Crippen molar-refractivity contribution in [1.29, 1.82) is 0 Å². The molecule has 1 aromatic rings. The van der Waals surface area contributed by atoms with E-state index in [1.165, 1.54) is 0 Å². The summed E-state index contributed by atoms with van der Waals surface area (Å²) in [7, 11) is 0. The number of hydrogen-bond donors (Lipinski definition) is 1. The van der Waals surface area contributed by atoms with Gasteiger partial charge in [-0.15, -0.1) is 0 Å². The Morgan fingerprint density at radius 1 is 1.43 bits per heavy atom. The zero-order chi connectivity index (χ0) is 11.3. The lowest BCUT2D eigenvalue weighted by atomic mass is 10.3. The fourth-order valence-electron chi connectivity index (χ4n) is 0.596. The van der Waals surface area contributed by atoms with E-state index in [9.17, 15) is 9.18 Å². The molecule has 78 valence electrons. The van der Waals surface area contributed by atoms with Crippen LogP contribution in [0.1, 0.15) is 24.2 Å². The lowest BCUT2D eigenvalue weighted by Gasteiger charge is -1.98. The highest BCUT2D eigenvalue weighted by molar-refractivity contribution is 6.34. The van der Waals surface area contributed by atoms with Crippen LogP contribution in [0.5, 0.6) is 0 Å². The predicted molar refractivity (Wildman–Crippen MR) is 52.5 cm³/mol. The minimum absolute atomic E-state index is 0.325. The van der Waals surface area contributed by atoms with Gasteiger partial charge in [-0.05, 0) is 6.07 Å². The van der Waals surface area contributed by atoms with Crippen LogP contribution in [-0.2, 0) is 0 Å². The number of hydrogen-bond acceptors (Lipinski definition) is 2. The number of aromatic nitrogens is 1. The van der Waals surface area contributed by atoms with Crippen molar-refractivity contribution in [2.75, 3.05) is 0 Å². The van der Waals surface area contributed by atoms with Crippen LogP contribution < -0.4 is 0 Å². The first-order valence-corrected chi connectivity index (χ1v) is 4.53. The molecule has 1 N–H and O–H groups in total. The van der Waals surface area contributed by atoms with Gasteiger partial charge in [0.1, 0.15) is 5.15 Å². The van der Waals surface area contributed by atoms with Crippen molar-refractivity contribution >= 4 is 29.2 Å². The summed E-state index contributed by atoms with van der Waals surface area (Å²) in [5, 5.41) is 7.68. The van der Waals surface area contributed by atoms with Crippen molar-refractivity contribution in [3.63, 3.8) is 0 Å². The Labute approximate surface area is 90.5 Å². The summed E-state index contributed by atoms with van der Waals surface area (Å²) in [5.41, 5.74) is -0.404. The Kier molecular flexibility index (Phi) is 5.42. The SMILES string of the molecule is CC.O=C(O)c1cc(F)c(Cl)nc1Cl. The molecule has 0 saturated heterocycles. The molecular weight excluding hydrogens is 232 g/mol. The van der Waals surface area contributed by atoms with E-state index in [0.29, 0.717) is 0 Å². The second kappa shape index (κ2) is 5.78. The Hall–Kier alpha value is -0.870. The molecule has 3 nitrogen and oxygen atoms in total. The van der Waals surface area contributed by atoms with E-state index < -0.39 is 22.5 Å². The van der Waals surface area contributed by atoms with Gasteiger partial charge in [-0.2, -0.15) is 0 Å². The maximum absolute atomic E-state index is 12.6. The topological polar surface area (TPSA) is 50.2 Å². The second-order valence-electron chi connectivity index (χ2n) is 1.90. The summed E-state index contributed by atoms with van der Waals surface area (Å²) in [6.45, 7) is 4.00. The molecule has 1 aromatic heterocycles. The number of carboxylic acid groups (broad SMARTS) is 1. The number of pyridine rings is 1. The van der Waals surface area contributed by atoms with E-state index in [1.807, 2.05) is 13.8 Å². The first-order valence-electron chi connectivity index (χ1n) is 3.77. The molecule has 0 aliphatic carbocycles. The lowest BCUT2D eigenvalue weighted by molar-refractivity contribution is 0.0696. The molecule has 0 aliphatic heterocycles. The second-order valence-corrected chi connectivity index (χ2v) is 2.62. The molecule has 14 heavy (non-hydrogen) atoms. The van der Waals surface area contributed by atoms with E-state index in [0.717, 1.165) is 6.07 Å². The number of carboxylic acids is 1. The average molecular weight is 240 g/mol. The molecule has 0 aliphatic rings. The standard InChI is InChI=1S/C6H2Cl2FNO2.C2H6/c7-4-2(6(11)12)1-3(9)5(8)10-4;1-2/h1H,(H,11,12);1-2H3. The third kappa shape index (κ3) is 3.12. The molecule has 0 unspecified atom stereocenters. The highest BCUT2D eigenvalue weighted by Crippen LogP contribution is 2.19. The minimum Gasteiger partial charge on any atom is -0.478 e. The molecule has 0 radical (unpaired) electrons. The normalized spacial score (nSPS) is 8.93. The minimum atomic E-state index is -1.34. The Morgan fingerprint density at radius 2 is 1.93 bits per heavy atom. The molecule has 1 heterocycles. The van der Waals surface area contributed by atoms with Crippen LogP contribution in [-0.4, -0.2) is 16.1 Å². The first-order chi connectivity index (χ1) is 6.52. The van der Waals surface area contributed by atoms with E-state index in [-0.39, 0.29) is 5.15 Å². The molecule has 0 fully saturated rings. The van der Waals surface area contributed by atoms with Crippen molar-refractivity contribution in [2.45, 2.75) is 13.8 Å². The molecule has 0 aromatic carbocycles. The fraction of sp³-hybridized carbons (Fsp3) is 0.250. The van der Waals surface area contributed by atoms with Crippen molar-refractivity contribution in [3.05, 3.63) is 27.8 Å². The van der Waals surface area contributed by atoms with Crippen LogP contribution in [0.15, 0.2) is 6.07 Å². The molecule has 1 rings (SSSR count). The summed E-state index contributed by atoms with van der Waals surface area (Å²) >= 11 is 10.6. The molecular formula is C8H8Cl2FNO2. The van der Waals surface area contributed by atoms with Crippen LogP contribution in [0, 0.1) is 5.82 Å². The van der Waals surface area contributed by atoms with Gasteiger partial charge in [0.15, 0.2) is 11.0 Å². The highest BCUT2D eigenvalue weighted by Gasteiger charge is 2.13. The van der Waals surface area contributed by atoms with Crippen molar-refractivity contribution < 1.29 is 14.3 Å². The Morgan fingerprint density at radius 3 is 2.36 bits per heavy atom. The molecule has 0 saturated carbocycles. The number of rotatable bonds is 1. The number of nitrogens with zero attached hydrogens (tertiary/aromatic N) is 1. The third-order valence-corrected chi connectivity index (χ3v) is 1.67. The zero-order valence-electron chi connectivity index (χ0n) is 7.51. The molecule has 0 amide bonds. The van der Waals surface area contributed by atoms with E-state index in [4.69, 9.17) is 28.3 Å². The number of carbonyl (C=O) groups is 1. The summed E-state index contributed by atoms with van der Waals surface area (Å²) in [5.74, 6) is -2.25. The monoisotopic (exact) mass is 239 g/mol. The van der Waals surface area contributed by atoms with Gasteiger partial charge >= 0.3 is 5.97 Å². The highest BCUT2D eigenvalue weighted by atomic mass is 35.5. The fourth-order valence-corrected chi connectivity index (χ4v) is 0.998. The Balaban J connectivity index is 0.000000791. The zero-order valence-corrected chi connectivity index (χ0v) is 9.03. The maximum Gasteiger partial charge on any atom is 0.338 e. The molecule has 0 bridgehead atoms. The Bertz CT molecular complexity index is 344. The maximum atomic E-state index is 12.6. The van der Waals surface area contributed by atoms with E-state index in [1.54, 1.807) is 0 Å². The number of aromatic carboxylic acids is 1. The molecule has 6 heteroatoms. The average Bonchev–Trinajstić information content (AvgIpc) is 2.14. The van der Waals surface area contributed by atoms with Crippen molar-refractivity contribution in [3.8, 4) is 0 Å². The summed E-state index contributed by atoms with van der Waals surface area (Å²) in [6, 6.07) is 0.722. The van der Waals surface area contributed by atoms with Gasteiger partial charge in [0.05, 0.1) is 5.56 Å². The predicted octanol–water partition coefficient (Wildman–Crippen LogP) is 3.25. The quantitative estimate of drug-likeness (QED) is 0.766. The van der Waals surface area contributed by atoms with Gasteiger partial charge < -0.3 is 5.11 Å². The largest absolute Gasteiger partial charge is 0.478 e. The smallest absolute Gasteiger partial charge is 0.338 e. The van der Waals surface area contributed by atoms with Crippen LogP contribution in [0.25, 0.3) is 0 Å². The van der Waals surface area contributed by atoms with Crippen molar-refractivity contribution in [1.82, 2.24) is 4.98 Å². The van der Waals surface area contributed by atoms with Gasteiger partial charge in [0.2, 0.25) is 0 Å². The van der Waals surface area contributed by atoms with Gasteiger partial charge in [0, 0.05) is 0 Å². The first kappa shape index (κ1) is 13.1. The van der Waals surface area contributed by atoms with E-state index >= 15 is 0 Å².